The van der Waals surface area contributed by atoms with Crippen LogP contribution in [0.4, 0.5) is 0 Å². The number of rotatable bonds is 60. The summed E-state index contributed by atoms with van der Waals surface area (Å²) in [4.78, 5) is 0. The minimum Gasteiger partial charge on any atom is -0.393 e. The molecule has 0 radical (unpaired) electrons. The molecular formula is C61H126O13Si. The molecule has 0 aromatic heterocycles. The van der Waals surface area contributed by atoms with Crippen molar-refractivity contribution in [2.75, 3.05) is 19.8 Å². The third-order valence-corrected chi connectivity index (χ3v) is 18.5. The van der Waals surface area contributed by atoms with Crippen LogP contribution in [0.2, 0.25) is 6.04 Å². The average molecular weight is 1100 g/mol. The molecule has 0 spiro atoms. The second-order valence-corrected chi connectivity index (χ2v) is 25.7. The van der Waals surface area contributed by atoms with Crippen LogP contribution in [0.15, 0.2) is 0 Å². The number of hydrogen-bond donors (Lipinski definition) is 10. The van der Waals surface area contributed by atoms with Crippen molar-refractivity contribution in [3.63, 3.8) is 0 Å². The lowest BCUT2D eigenvalue weighted by atomic mass is 9.98. The molecule has 452 valence electrons. The van der Waals surface area contributed by atoms with Gasteiger partial charge in [0, 0.05) is 25.9 Å². The molecule has 10 N–H and O–H groups in total. The quantitative estimate of drug-likeness (QED) is 0.0202. The molecule has 0 bridgehead atoms. The van der Waals surface area contributed by atoms with Gasteiger partial charge in [-0.15, -0.1) is 0 Å². The zero-order chi connectivity index (χ0) is 55.6. The summed E-state index contributed by atoms with van der Waals surface area (Å²) in [5, 5.41) is 105. The maximum atomic E-state index is 10.7. The van der Waals surface area contributed by atoms with Crippen LogP contribution in [0.1, 0.15) is 304 Å². The van der Waals surface area contributed by atoms with Crippen LogP contribution in [-0.2, 0) is 13.3 Å². The van der Waals surface area contributed by atoms with E-state index in [1.165, 1.54) is 116 Å². The SMILES string of the molecule is CCCCCCCCCCCCCC(O)CCC(O)CCC(O)CCC(O)CCC(O)CCO[Si](CCC)(OCC)OCCC(O)CCC(O)CCC(O)CCC(O)CCC(O)CCCCCCCCCCCCC. The Bertz CT molecular complexity index is 1070. The fourth-order valence-electron chi connectivity index (χ4n) is 10.2. The van der Waals surface area contributed by atoms with E-state index in [0.29, 0.717) is 128 Å². The smallest absolute Gasteiger partial charge is 0.393 e. The van der Waals surface area contributed by atoms with Gasteiger partial charge in [-0.1, -0.05) is 168 Å². The topological polar surface area (TPSA) is 230 Å². The van der Waals surface area contributed by atoms with Gasteiger partial charge in [0.1, 0.15) is 0 Å². The molecule has 0 amide bonds. The van der Waals surface area contributed by atoms with E-state index < -0.39 is 69.8 Å². The van der Waals surface area contributed by atoms with Gasteiger partial charge in [0.05, 0.1) is 61.0 Å². The van der Waals surface area contributed by atoms with Crippen LogP contribution in [0, 0.1) is 0 Å². The Morgan fingerprint density at radius 2 is 0.427 bits per heavy atom. The van der Waals surface area contributed by atoms with Gasteiger partial charge < -0.3 is 64.3 Å². The van der Waals surface area contributed by atoms with Crippen molar-refractivity contribution in [2.24, 2.45) is 0 Å². The van der Waals surface area contributed by atoms with Crippen molar-refractivity contribution in [1.29, 1.82) is 0 Å². The van der Waals surface area contributed by atoms with E-state index in [2.05, 4.69) is 13.8 Å². The maximum Gasteiger partial charge on any atom is 0.500 e. The molecule has 14 heteroatoms. The highest BCUT2D eigenvalue weighted by atomic mass is 28.4. The molecule has 13 nitrogen and oxygen atoms in total. The van der Waals surface area contributed by atoms with E-state index in [1.54, 1.807) is 0 Å². The maximum absolute atomic E-state index is 10.7. The largest absolute Gasteiger partial charge is 0.500 e. The highest BCUT2D eigenvalue weighted by Crippen LogP contribution is 2.23. The molecule has 0 aromatic rings. The first-order valence-corrected chi connectivity index (χ1v) is 33.8. The molecule has 0 rings (SSSR count). The fraction of sp³-hybridized carbons (Fsp3) is 1.00. The van der Waals surface area contributed by atoms with E-state index in [-0.39, 0.29) is 13.2 Å². The Morgan fingerprint density at radius 1 is 0.227 bits per heavy atom. The van der Waals surface area contributed by atoms with Crippen LogP contribution in [-0.4, -0.2) is 141 Å². The molecule has 0 saturated carbocycles. The minimum absolute atomic E-state index is 0.225. The minimum atomic E-state index is -3.09. The standard InChI is InChI=1S/C61H126O13Si/c1-5-9-11-13-15-17-19-21-23-25-27-29-52(62)31-33-54(64)35-37-56(66)39-41-58(68)43-45-60(70)47-49-73-75(51-7-3,72-8-4)74-50-48-61(71)46-44-59(69)42-40-57(67)38-36-55(65)34-32-53(63)30-28-26-24-22-20-18-16-14-12-10-6-2/h52-71H,5-51H2,1-4H3. The molecule has 0 aromatic carbocycles. The van der Waals surface area contributed by atoms with Gasteiger partial charge in [0.15, 0.2) is 0 Å². The normalized spacial score (nSPS) is 17.0. The summed E-state index contributed by atoms with van der Waals surface area (Å²) in [6.45, 7) is 9.26. The Labute approximate surface area is 462 Å². The third-order valence-electron chi connectivity index (χ3n) is 15.4. The summed E-state index contributed by atoms with van der Waals surface area (Å²) < 4.78 is 18.6. The second kappa shape index (κ2) is 53.0. The van der Waals surface area contributed by atoms with Crippen LogP contribution < -0.4 is 0 Å². The van der Waals surface area contributed by atoms with Gasteiger partial charge >= 0.3 is 8.80 Å². The molecule has 10 unspecified atom stereocenters. The number of hydrogen-bond acceptors (Lipinski definition) is 13. The first-order chi connectivity index (χ1) is 36.2. The average Bonchev–Trinajstić information content (AvgIpc) is 3.39. The first-order valence-electron chi connectivity index (χ1n) is 31.9. The Balaban J connectivity index is 4.21. The van der Waals surface area contributed by atoms with Crippen molar-refractivity contribution in [2.45, 2.75) is 371 Å². The van der Waals surface area contributed by atoms with Crippen LogP contribution >= 0.6 is 0 Å². The summed E-state index contributed by atoms with van der Waals surface area (Å²) >= 11 is 0. The van der Waals surface area contributed by atoms with E-state index in [0.717, 1.165) is 44.9 Å². The lowest BCUT2D eigenvalue weighted by molar-refractivity contribution is 0.0308. The monoisotopic (exact) mass is 1090 g/mol. The van der Waals surface area contributed by atoms with Gasteiger partial charge in [0.2, 0.25) is 0 Å². The summed E-state index contributed by atoms with van der Waals surface area (Å²) in [6.07, 6.45) is 32.3. The van der Waals surface area contributed by atoms with Crippen LogP contribution in [0.25, 0.3) is 0 Å². The molecule has 0 saturated heterocycles. The Kier molecular flexibility index (Phi) is 52.8. The zero-order valence-corrected chi connectivity index (χ0v) is 50.2. The van der Waals surface area contributed by atoms with Gasteiger partial charge in [-0.2, -0.15) is 0 Å². The Hall–Kier alpha value is -0.303. The van der Waals surface area contributed by atoms with Gasteiger partial charge in [-0.25, -0.2) is 0 Å². The summed E-state index contributed by atoms with van der Waals surface area (Å²) in [5.74, 6) is 0. The molecule has 0 aliphatic carbocycles. The fourth-order valence-corrected chi connectivity index (χ4v) is 12.8. The van der Waals surface area contributed by atoms with Crippen molar-refractivity contribution >= 4 is 8.80 Å². The van der Waals surface area contributed by atoms with Crippen molar-refractivity contribution in [1.82, 2.24) is 0 Å². The number of unbranched alkanes of at least 4 members (excludes halogenated alkanes) is 20. The summed E-state index contributed by atoms with van der Waals surface area (Å²) in [5.41, 5.74) is 0. The molecule has 0 fully saturated rings. The van der Waals surface area contributed by atoms with Crippen molar-refractivity contribution < 1.29 is 64.3 Å². The van der Waals surface area contributed by atoms with Crippen molar-refractivity contribution in [3.05, 3.63) is 0 Å². The van der Waals surface area contributed by atoms with E-state index in [9.17, 15) is 51.1 Å². The van der Waals surface area contributed by atoms with E-state index in [1.807, 2.05) is 13.8 Å². The van der Waals surface area contributed by atoms with E-state index in [4.69, 9.17) is 13.3 Å². The predicted octanol–water partition coefficient (Wildman–Crippen LogP) is 12.4. The molecule has 10 atom stereocenters. The van der Waals surface area contributed by atoms with Gasteiger partial charge in [-0.3, -0.25) is 0 Å². The first kappa shape index (κ1) is 74.7. The van der Waals surface area contributed by atoms with Gasteiger partial charge in [0.25, 0.3) is 0 Å². The molecule has 0 aliphatic rings. The van der Waals surface area contributed by atoms with Gasteiger partial charge in [-0.05, 0) is 135 Å². The number of aliphatic hydroxyl groups excluding tert-OH is 10. The van der Waals surface area contributed by atoms with Crippen molar-refractivity contribution in [3.8, 4) is 0 Å². The lowest BCUT2D eigenvalue weighted by Crippen LogP contribution is -2.46. The molecule has 0 aliphatic heterocycles. The lowest BCUT2D eigenvalue weighted by Gasteiger charge is -2.30. The highest BCUT2D eigenvalue weighted by Gasteiger charge is 2.40. The molecule has 75 heavy (non-hydrogen) atoms. The zero-order valence-electron chi connectivity index (χ0n) is 49.2. The highest BCUT2D eigenvalue weighted by molar-refractivity contribution is 6.60. The predicted molar refractivity (Wildman–Crippen MR) is 310 cm³/mol. The summed E-state index contributed by atoms with van der Waals surface area (Å²) in [7, 11) is -3.09. The van der Waals surface area contributed by atoms with E-state index >= 15 is 0 Å². The second-order valence-electron chi connectivity index (χ2n) is 22.9. The summed E-state index contributed by atoms with van der Waals surface area (Å²) in [6, 6.07) is 0.589. The van der Waals surface area contributed by atoms with Crippen LogP contribution in [0.3, 0.4) is 0 Å². The molecular weight excluding hydrogens is 969 g/mol. The Morgan fingerprint density at radius 3 is 0.640 bits per heavy atom. The molecule has 0 heterocycles. The number of aliphatic hydroxyl groups is 10. The van der Waals surface area contributed by atoms with Crippen LogP contribution in [0.5, 0.6) is 0 Å². The third kappa shape index (κ3) is 49.3.